The number of piperazine rings is 1. The predicted molar refractivity (Wildman–Crippen MR) is 111 cm³/mol. The fourth-order valence-corrected chi connectivity index (χ4v) is 3.72. The second-order valence-electron chi connectivity index (χ2n) is 7.63. The van der Waals surface area contributed by atoms with Crippen LogP contribution < -0.4 is 10.2 Å². The van der Waals surface area contributed by atoms with E-state index < -0.39 is 0 Å². The molecule has 1 aromatic carbocycles. The van der Waals surface area contributed by atoms with Gasteiger partial charge in [0.2, 0.25) is 0 Å². The third-order valence-corrected chi connectivity index (χ3v) is 5.05. The van der Waals surface area contributed by atoms with E-state index in [4.69, 9.17) is 0 Å². The molecule has 0 aliphatic carbocycles. The Morgan fingerprint density at radius 2 is 1.85 bits per heavy atom. The lowest BCUT2D eigenvalue weighted by Crippen LogP contribution is -2.52. The van der Waals surface area contributed by atoms with Crippen LogP contribution in [0.25, 0.3) is 0 Å². The molecule has 1 fully saturated rings. The smallest absolute Gasteiger partial charge is 0.194 e. The van der Waals surface area contributed by atoms with Crippen molar-refractivity contribution in [3.8, 4) is 0 Å². The number of guanidine groups is 1. The quantitative estimate of drug-likeness (QED) is 0.500. The molecule has 0 bridgehead atoms. The van der Waals surface area contributed by atoms with E-state index in [-0.39, 0.29) is 0 Å². The number of hydrogen-bond acceptors (Lipinski definition) is 3. The standard InChI is InChI=1S/C21H33N5/c1-18(2)17-24-11-13-26(14-12-24)21(22-3)23-16-19-7-6-8-20(15-19)25-9-4-5-10-25/h4-8,15,18H,9-14,16-17H2,1-3H3,(H,22,23). The molecule has 5 heteroatoms. The Morgan fingerprint density at radius 1 is 1.12 bits per heavy atom. The van der Waals surface area contributed by atoms with Gasteiger partial charge in [-0.15, -0.1) is 0 Å². The van der Waals surface area contributed by atoms with Gasteiger partial charge in [0.15, 0.2) is 5.96 Å². The summed E-state index contributed by atoms with van der Waals surface area (Å²) in [5, 5.41) is 3.55. The Bertz CT molecular complexity index is 621. The second kappa shape index (κ2) is 9.08. The zero-order valence-corrected chi connectivity index (χ0v) is 16.5. The summed E-state index contributed by atoms with van der Waals surface area (Å²) < 4.78 is 0. The molecule has 0 amide bonds. The lowest BCUT2D eigenvalue weighted by Gasteiger charge is -2.37. The zero-order chi connectivity index (χ0) is 18.4. The molecule has 0 unspecified atom stereocenters. The molecule has 2 aliphatic heterocycles. The van der Waals surface area contributed by atoms with Gasteiger partial charge in [0, 0.05) is 65.1 Å². The third kappa shape index (κ3) is 5.01. The number of benzene rings is 1. The Balaban J connectivity index is 1.51. The summed E-state index contributed by atoms with van der Waals surface area (Å²) in [5.41, 5.74) is 2.60. The largest absolute Gasteiger partial charge is 0.364 e. The fraction of sp³-hybridized carbons (Fsp3) is 0.571. The number of hydrogen-bond donors (Lipinski definition) is 1. The molecular weight excluding hydrogens is 322 g/mol. The van der Waals surface area contributed by atoms with Gasteiger partial charge in [0.25, 0.3) is 0 Å². The molecule has 0 spiro atoms. The maximum Gasteiger partial charge on any atom is 0.194 e. The Kier molecular flexibility index (Phi) is 6.56. The molecule has 3 rings (SSSR count). The summed E-state index contributed by atoms with van der Waals surface area (Å²) in [7, 11) is 1.88. The molecule has 0 radical (unpaired) electrons. The normalized spacial score (nSPS) is 18.8. The van der Waals surface area contributed by atoms with Gasteiger partial charge in [-0.3, -0.25) is 9.89 Å². The van der Waals surface area contributed by atoms with Gasteiger partial charge in [-0.25, -0.2) is 0 Å². The molecule has 1 aromatic rings. The van der Waals surface area contributed by atoms with E-state index in [1.807, 2.05) is 7.05 Å². The van der Waals surface area contributed by atoms with Crippen LogP contribution in [-0.2, 0) is 6.54 Å². The van der Waals surface area contributed by atoms with Crippen molar-refractivity contribution in [1.82, 2.24) is 15.1 Å². The van der Waals surface area contributed by atoms with Crippen molar-refractivity contribution in [2.45, 2.75) is 20.4 Å². The van der Waals surface area contributed by atoms with Crippen LogP contribution in [0.5, 0.6) is 0 Å². The number of rotatable bonds is 5. The summed E-state index contributed by atoms with van der Waals surface area (Å²) in [6.45, 7) is 13.0. The summed E-state index contributed by atoms with van der Waals surface area (Å²) in [6.07, 6.45) is 4.46. The van der Waals surface area contributed by atoms with Crippen molar-refractivity contribution in [3.05, 3.63) is 42.0 Å². The first-order chi connectivity index (χ1) is 12.7. The van der Waals surface area contributed by atoms with Crippen LogP contribution >= 0.6 is 0 Å². The zero-order valence-electron chi connectivity index (χ0n) is 16.5. The van der Waals surface area contributed by atoms with Crippen LogP contribution in [0.1, 0.15) is 19.4 Å². The molecule has 1 N–H and O–H groups in total. The second-order valence-corrected chi connectivity index (χ2v) is 7.63. The van der Waals surface area contributed by atoms with Crippen LogP contribution in [0.2, 0.25) is 0 Å². The van der Waals surface area contributed by atoms with Crippen molar-refractivity contribution >= 4 is 11.6 Å². The van der Waals surface area contributed by atoms with Crippen molar-refractivity contribution < 1.29 is 0 Å². The molecule has 5 nitrogen and oxygen atoms in total. The van der Waals surface area contributed by atoms with Crippen LogP contribution in [0.15, 0.2) is 41.4 Å². The van der Waals surface area contributed by atoms with Crippen molar-refractivity contribution in [3.63, 3.8) is 0 Å². The number of nitrogens with one attached hydrogen (secondary N) is 1. The van der Waals surface area contributed by atoms with E-state index >= 15 is 0 Å². The van der Waals surface area contributed by atoms with Gasteiger partial charge >= 0.3 is 0 Å². The van der Waals surface area contributed by atoms with Crippen LogP contribution in [0.4, 0.5) is 5.69 Å². The molecule has 1 saturated heterocycles. The van der Waals surface area contributed by atoms with E-state index in [1.165, 1.54) is 17.8 Å². The fourth-order valence-electron chi connectivity index (χ4n) is 3.72. The summed E-state index contributed by atoms with van der Waals surface area (Å²) >= 11 is 0. The van der Waals surface area contributed by atoms with Crippen LogP contribution in [0, 0.1) is 5.92 Å². The lowest BCUT2D eigenvalue weighted by molar-refractivity contribution is 0.164. The van der Waals surface area contributed by atoms with Gasteiger partial charge in [-0.1, -0.05) is 38.1 Å². The summed E-state index contributed by atoms with van der Waals surface area (Å²) in [4.78, 5) is 11.8. The van der Waals surface area contributed by atoms with Gasteiger partial charge in [-0.2, -0.15) is 0 Å². The average molecular weight is 356 g/mol. The molecule has 2 heterocycles. The van der Waals surface area contributed by atoms with Gasteiger partial charge in [0.05, 0.1) is 0 Å². The first kappa shape index (κ1) is 18.8. The Labute approximate surface area is 158 Å². The highest BCUT2D eigenvalue weighted by Gasteiger charge is 2.19. The van der Waals surface area contributed by atoms with Crippen molar-refractivity contribution in [1.29, 1.82) is 0 Å². The van der Waals surface area contributed by atoms with E-state index in [1.54, 1.807) is 0 Å². The van der Waals surface area contributed by atoms with Crippen molar-refractivity contribution in [2.75, 3.05) is 57.8 Å². The highest BCUT2D eigenvalue weighted by atomic mass is 15.3. The minimum Gasteiger partial charge on any atom is -0.364 e. The van der Waals surface area contributed by atoms with Crippen molar-refractivity contribution in [2.24, 2.45) is 10.9 Å². The van der Waals surface area contributed by atoms with E-state index in [0.717, 1.165) is 57.7 Å². The third-order valence-electron chi connectivity index (χ3n) is 5.05. The van der Waals surface area contributed by atoms with Crippen LogP contribution in [0.3, 0.4) is 0 Å². The van der Waals surface area contributed by atoms with Gasteiger partial charge in [-0.05, 0) is 23.6 Å². The summed E-state index contributed by atoms with van der Waals surface area (Å²) in [6, 6.07) is 8.82. The molecular formula is C21H33N5. The topological polar surface area (TPSA) is 34.1 Å². The lowest BCUT2D eigenvalue weighted by atomic mass is 10.2. The van der Waals surface area contributed by atoms with E-state index in [9.17, 15) is 0 Å². The molecule has 0 saturated carbocycles. The van der Waals surface area contributed by atoms with E-state index in [0.29, 0.717) is 0 Å². The molecule has 2 aliphatic rings. The Hall–Kier alpha value is -2.01. The molecule has 0 aromatic heterocycles. The number of nitrogens with zero attached hydrogens (tertiary/aromatic N) is 4. The SMILES string of the molecule is CN=C(NCc1cccc(N2CC=CC2)c1)N1CCN(CC(C)C)CC1. The minimum atomic E-state index is 0.733. The first-order valence-corrected chi connectivity index (χ1v) is 9.82. The first-order valence-electron chi connectivity index (χ1n) is 9.82. The number of anilines is 1. The minimum absolute atomic E-state index is 0.733. The average Bonchev–Trinajstić information content (AvgIpc) is 3.18. The monoisotopic (exact) mass is 355 g/mol. The summed E-state index contributed by atoms with van der Waals surface area (Å²) in [5.74, 6) is 1.75. The van der Waals surface area contributed by atoms with Gasteiger partial charge < -0.3 is 15.1 Å². The van der Waals surface area contributed by atoms with Crippen LogP contribution in [-0.4, -0.2) is 68.6 Å². The highest BCUT2D eigenvalue weighted by molar-refractivity contribution is 5.80. The molecule has 26 heavy (non-hydrogen) atoms. The maximum atomic E-state index is 4.51. The highest BCUT2D eigenvalue weighted by Crippen LogP contribution is 2.18. The van der Waals surface area contributed by atoms with Gasteiger partial charge in [0.1, 0.15) is 0 Å². The maximum absolute atomic E-state index is 4.51. The molecule has 142 valence electrons. The Morgan fingerprint density at radius 3 is 2.50 bits per heavy atom. The molecule has 0 atom stereocenters. The number of aliphatic imine (C=N–C) groups is 1. The van der Waals surface area contributed by atoms with E-state index in [2.05, 4.69) is 75.3 Å². The predicted octanol–water partition coefficient (Wildman–Crippen LogP) is 2.41.